The smallest absolute Gasteiger partial charge is 0.355 e. The van der Waals surface area contributed by atoms with E-state index < -0.39 is 5.97 Å². The van der Waals surface area contributed by atoms with E-state index >= 15 is 0 Å². The minimum Gasteiger partial charge on any atom is -0.461 e. The molecule has 0 bridgehead atoms. The third kappa shape index (κ3) is 3.89. The Morgan fingerprint density at radius 3 is 2.44 bits per heavy atom. The van der Waals surface area contributed by atoms with Crippen LogP contribution >= 0.6 is 0 Å². The summed E-state index contributed by atoms with van der Waals surface area (Å²) < 4.78 is 8.76. The molecule has 0 aliphatic rings. The maximum atomic E-state index is 12.6. The van der Waals surface area contributed by atoms with Gasteiger partial charge in [-0.2, -0.15) is 0 Å². The zero-order chi connectivity index (χ0) is 19.6. The summed E-state index contributed by atoms with van der Waals surface area (Å²) in [7, 11) is 1.90. The first-order valence-electron chi connectivity index (χ1n) is 9.12. The van der Waals surface area contributed by atoms with Crippen LogP contribution in [0, 0.1) is 0 Å². The highest BCUT2D eigenvalue weighted by Gasteiger charge is 2.20. The monoisotopic (exact) mass is 367 g/mol. The van der Waals surface area contributed by atoms with Crippen LogP contribution in [-0.4, -0.2) is 27.6 Å². The predicted octanol–water partition coefficient (Wildman–Crippen LogP) is 3.92. The van der Waals surface area contributed by atoms with Crippen LogP contribution in [0.3, 0.4) is 0 Å². The van der Waals surface area contributed by atoms with Crippen molar-refractivity contribution >= 4 is 28.6 Å². The molecule has 0 aliphatic carbocycles. The normalized spacial score (nSPS) is 11.1. The van der Waals surface area contributed by atoms with Crippen LogP contribution in [0.25, 0.3) is 11.0 Å². The van der Waals surface area contributed by atoms with Crippen LogP contribution in [0.2, 0.25) is 0 Å². The molecule has 0 atom stereocenters. The number of benzene rings is 1. The molecular formula is C21H25N3O3. The summed E-state index contributed by atoms with van der Waals surface area (Å²) in [6.07, 6.45) is 1.90. The molecule has 142 valence electrons. The highest BCUT2D eigenvalue weighted by atomic mass is 16.5. The SMILES string of the molecule is CCOC(=O)c1cc2c(ccn2C)n1CC(=O)Nc1ccc(C(C)C)cc1. The zero-order valence-electron chi connectivity index (χ0n) is 16.2. The van der Waals surface area contributed by atoms with Crippen molar-refractivity contribution in [3.63, 3.8) is 0 Å². The number of rotatable bonds is 6. The van der Waals surface area contributed by atoms with Crippen molar-refractivity contribution in [3.8, 4) is 0 Å². The lowest BCUT2D eigenvalue weighted by Crippen LogP contribution is -2.22. The Balaban J connectivity index is 1.83. The molecule has 27 heavy (non-hydrogen) atoms. The first-order chi connectivity index (χ1) is 12.9. The third-order valence-electron chi connectivity index (χ3n) is 4.60. The van der Waals surface area contributed by atoms with E-state index in [2.05, 4.69) is 19.2 Å². The van der Waals surface area contributed by atoms with Gasteiger partial charge in [0.05, 0.1) is 17.6 Å². The summed E-state index contributed by atoms with van der Waals surface area (Å²) in [6, 6.07) is 11.5. The van der Waals surface area contributed by atoms with Gasteiger partial charge in [-0.05, 0) is 42.7 Å². The molecule has 2 aromatic heterocycles. The summed E-state index contributed by atoms with van der Waals surface area (Å²) in [5.41, 5.74) is 4.04. The number of nitrogens with zero attached hydrogens (tertiary/aromatic N) is 2. The standard InChI is InChI=1S/C21H25N3O3/c1-5-27-21(26)19-12-18-17(10-11-23(18)4)24(19)13-20(25)22-16-8-6-15(7-9-16)14(2)3/h6-12,14H,5,13H2,1-4H3,(H,22,25). The number of hydrogen-bond donors (Lipinski definition) is 1. The van der Waals surface area contributed by atoms with Gasteiger partial charge >= 0.3 is 5.97 Å². The second-order valence-corrected chi connectivity index (χ2v) is 6.86. The lowest BCUT2D eigenvalue weighted by Gasteiger charge is -2.11. The van der Waals surface area contributed by atoms with Crippen LogP contribution in [0.15, 0.2) is 42.6 Å². The summed E-state index contributed by atoms with van der Waals surface area (Å²) in [4.78, 5) is 24.9. The van der Waals surface area contributed by atoms with Crippen molar-refractivity contribution in [1.82, 2.24) is 9.13 Å². The van der Waals surface area contributed by atoms with Gasteiger partial charge in [0.15, 0.2) is 0 Å². The van der Waals surface area contributed by atoms with Gasteiger partial charge in [-0.25, -0.2) is 4.79 Å². The minimum absolute atomic E-state index is 0.0353. The second kappa shape index (κ2) is 7.70. The van der Waals surface area contributed by atoms with Crippen molar-refractivity contribution in [2.45, 2.75) is 33.2 Å². The molecule has 0 radical (unpaired) electrons. The molecule has 1 N–H and O–H groups in total. The second-order valence-electron chi connectivity index (χ2n) is 6.86. The molecule has 1 aromatic carbocycles. The molecule has 0 saturated heterocycles. The Kier molecular flexibility index (Phi) is 5.35. The van der Waals surface area contributed by atoms with Crippen LogP contribution < -0.4 is 5.32 Å². The number of esters is 1. The first kappa shape index (κ1) is 18.8. The van der Waals surface area contributed by atoms with Crippen LogP contribution in [-0.2, 0) is 23.1 Å². The topological polar surface area (TPSA) is 65.3 Å². The molecule has 0 fully saturated rings. The molecule has 6 nitrogen and oxygen atoms in total. The molecule has 6 heteroatoms. The molecule has 0 saturated carbocycles. The number of anilines is 1. The van der Waals surface area contributed by atoms with Gasteiger partial charge in [0.25, 0.3) is 0 Å². The number of carbonyl (C=O) groups is 2. The van der Waals surface area contributed by atoms with Gasteiger partial charge in [-0.15, -0.1) is 0 Å². The van der Waals surface area contributed by atoms with E-state index in [0.717, 1.165) is 16.7 Å². The highest BCUT2D eigenvalue weighted by Crippen LogP contribution is 2.22. The average molecular weight is 367 g/mol. The van der Waals surface area contributed by atoms with E-state index in [1.54, 1.807) is 17.6 Å². The number of aryl methyl sites for hydroxylation is 1. The lowest BCUT2D eigenvalue weighted by molar-refractivity contribution is -0.116. The zero-order valence-corrected chi connectivity index (χ0v) is 16.2. The fraction of sp³-hybridized carbons (Fsp3) is 0.333. The number of fused-ring (bicyclic) bond motifs is 1. The van der Waals surface area contributed by atoms with Gasteiger partial charge in [0.2, 0.25) is 5.91 Å². The Morgan fingerprint density at radius 2 is 1.81 bits per heavy atom. The molecule has 2 heterocycles. The Labute approximate surface area is 158 Å². The van der Waals surface area contributed by atoms with E-state index in [1.165, 1.54) is 5.56 Å². The molecule has 3 rings (SSSR count). The van der Waals surface area contributed by atoms with E-state index in [1.807, 2.05) is 48.1 Å². The Bertz CT molecular complexity index is 965. The summed E-state index contributed by atoms with van der Waals surface area (Å²) in [6.45, 7) is 6.34. The Hall–Kier alpha value is -3.02. The van der Waals surface area contributed by atoms with Crippen LogP contribution in [0.1, 0.15) is 42.7 Å². The number of amides is 1. The van der Waals surface area contributed by atoms with Crippen molar-refractivity contribution in [1.29, 1.82) is 0 Å². The number of hydrogen-bond acceptors (Lipinski definition) is 3. The van der Waals surface area contributed by atoms with E-state index in [9.17, 15) is 9.59 Å². The quantitative estimate of drug-likeness (QED) is 0.672. The summed E-state index contributed by atoms with van der Waals surface area (Å²) in [5.74, 6) is -0.185. The lowest BCUT2D eigenvalue weighted by atomic mass is 10.0. The van der Waals surface area contributed by atoms with Crippen molar-refractivity contribution in [2.24, 2.45) is 7.05 Å². The molecule has 0 spiro atoms. The molecular weight excluding hydrogens is 342 g/mol. The number of aromatic nitrogens is 2. The maximum absolute atomic E-state index is 12.6. The average Bonchev–Trinajstić information content (AvgIpc) is 3.16. The molecule has 0 aliphatic heterocycles. The predicted molar refractivity (Wildman–Crippen MR) is 106 cm³/mol. The van der Waals surface area contributed by atoms with Gasteiger partial charge in [-0.3, -0.25) is 4.79 Å². The van der Waals surface area contributed by atoms with E-state index in [-0.39, 0.29) is 19.1 Å². The fourth-order valence-electron chi connectivity index (χ4n) is 3.11. The van der Waals surface area contributed by atoms with Crippen molar-refractivity contribution < 1.29 is 14.3 Å². The van der Waals surface area contributed by atoms with Crippen molar-refractivity contribution in [3.05, 3.63) is 53.9 Å². The van der Waals surface area contributed by atoms with Crippen LogP contribution in [0.4, 0.5) is 5.69 Å². The van der Waals surface area contributed by atoms with Gasteiger partial charge < -0.3 is 19.2 Å². The van der Waals surface area contributed by atoms with E-state index in [0.29, 0.717) is 11.6 Å². The minimum atomic E-state index is -0.428. The maximum Gasteiger partial charge on any atom is 0.355 e. The largest absolute Gasteiger partial charge is 0.461 e. The highest BCUT2D eigenvalue weighted by molar-refractivity contribution is 5.97. The van der Waals surface area contributed by atoms with Crippen molar-refractivity contribution in [2.75, 3.05) is 11.9 Å². The van der Waals surface area contributed by atoms with Gasteiger partial charge in [0.1, 0.15) is 12.2 Å². The first-order valence-corrected chi connectivity index (χ1v) is 9.12. The number of carbonyl (C=O) groups excluding carboxylic acids is 2. The van der Waals surface area contributed by atoms with E-state index in [4.69, 9.17) is 4.74 Å². The fourth-order valence-corrected chi connectivity index (χ4v) is 3.11. The third-order valence-corrected chi connectivity index (χ3v) is 4.60. The van der Waals surface area contributed by atoms with Crippen LogP contribution in [0.5, 0.6) is 0 Å². The molecule has 1 amide bonds. The molecule has 3 aromatic rings. The number of nitrogens with one attached hydrogen (secondary N) is 1. The Morgan fingerprint density at radius 1 is 1.11 bits per heavy atom. The summed E-state index contributed by atoms with van der Waals surface area (Å²) >= 11 is 0. The molecule has 0 unspecified atom stereocenters. The van der Waals surface area contributed by atoms with Gasteiger partial charge in [0, 0.05) is 18.9 Å². The van der Waals surface area contributed by atoms with Gasteiger partial charge in [-0.1, -0.05) is 26.0 Å². The number of ether oxygens (including phenoxy) is 1. The summed E-state index contributed by atoms with van der Waals surface area (Å²) in [5, 5.41) is 2.90.